The van der Waals surface area contributed by atoms with Gasteiger partial charge in [0.05, 0.1) is 26.7 Å². The molecule has 0 amide bonds. The molecule has 150 valence electrons. The van der Waals surface area contributed by atoms with Crippen molar-refractivity contribution in [2.75, 3.05) is 14.2 Å². The summed E-state index contributed by atoms with van der Waals surface area (Å²) < 4.78 is 10.7. The van der Waals surface area contributed by atoms with Gasteiger partial charge in [-0.2, -0.15) is 0 Å². The van der Waals surface area contributed by atoms with Crippen LogP contribution in [0.1, 0.15) is 35.2 Å². The van der Waals surface area contributed by atoms with Gasteiger partial charge in [-0.05, 0) is 28.8 Å². The summed E-state index contributed by atoms with van der Waals surface area (Å²) >= 11 is 0. The van der Waals surface area contributed by atoms with Crippen molar-refractivity contribution < 1.29 is 19.4 Å². The molecule has 5 heteroatoms. The third-order valence-corrected chi connectivity index (χ3v) is 4.82. The van der Waals surface area contributed by atoms with Crippen LogP contribution >= 0.6 is 0 Å². The number of ether oxygens (including phenoxy) is 2. The number of benzene rings is 3. The highest BCUT2D eigenvalue weighted by atomic mass is 16.5. The van der Waals surface area contributed by atoms with Crippen molar-refractivity contribution in [3.63, 3.8) is 0 Å². The number of methoxy groups -OCH3 is 2. The van der Waals surface area contributed by atoms with Crippen molar-refractivity contribution >= 4 is 5.97 Å². The van der Waals surface area contributed by atoms with Crippen LogP contribution < -0.4 is 14.8 Å². The average molecular weight is 391 g/mol. The highest BCUT2D eigenvalue weighted by molar-refractivity contribution is 5.68. The molecule has 2 N–H and O–H groups in total. The van der Waals surface area contributed by atoms with Crippen molar-refractivity contribution in [3.8, 4) is 11.5 Å². The van der Waals surface area contributed by atoms with Crippen molar-refractivity contribution in [2.24, 2.45) is 0 Å². The summed E-state index contributed by atoms with van der Waals surface area (Å²) in [6.45, 7) is 0. The highest BCUT2D eigenvalue weighted by Gasteiger charge is 2.23. The van der Waals surface area contributed by atoms with Crippen LogP contribution in [0.3, 0.4) is 0 Å². The van der Waals surface area contributed by atoms with Crippen molar-refractivity contribution in [1.82, 2.24) is 5.32 Å². The lowest BCUT2D eigenvalue weighted by Crippen LogP contribution is -2.29. The number of nitrogens with one attached hydrogen (secondary N) is 1. The Bertz CT molecular complexity index is 889. The number of rotatable bonds is 9. The Balaban J connectivity index is 2.00. The fourth-order valence-electron chi connectivity index (χ4n) is 3.39. The van der Waals surface area contributed by atoms with Gasteiger partial charge in [0, 0.05) is 6.04 Å². The van der Waals surface area contributed by atoms with E-state index in [2.05, 4.69) is 5.32 Å². The lowest BCUT2D eigenvalue weighted by Gasteiger charge is -2.27. The van der Waals surface area contributed by atoms with Crippen molar-refractivity contribution in [3.05, 3.63) is 95.6 Å². The molecule has 0 radical (unpaired) electrons. The Hall–Kier alpha value is -3.31. The van der Waals surface area contributed by atoms with Crippen LogP contribution in [0.4, 0.5) is 0 Å². The molecule has 0 heterocycles. The lowest BCUT2D eigenvalue weighted by molar-refractivity contribution is -0.137. The van der Waals surface area contributed by atoms with E-state index in [0.717, 1.165) is 16.7 Å². The first kappa shape index (κ1) is 20.4. The maximum atomic E-state index is 11.6. The fraction of sp³-hybridized carbons (Fsp3) is 0.208. The molecule has 1 atom stereocenters. The zero-order valence-electron chi connectivity index (χ0n) is 16.5. The zero-order chi connectivity index (χ0) is 20.6. The molecule has 0 saturated heterocycles. The second-order valence-electron chi connectivity index (χ2n) is 6.69. The van der Waals surface area contributed by atoms with Crippen LogP contribution in [-0.4, -0.2) is 25.3 Å². The van der Waals surface area contributed by atoms with E-state index < -0.39 is 12.0 Å². The summed E-state index contributed by atoms with van der Waals surface area (Å²) in [5, 5.41) is 13.1. The van der Waals surface area contributed by atoms with Crippen LogP contribution in [0, 0.1) is 0 Å². The van der Waals surface area contributed by atoms with E-state index in [0.29, 0.717) is 11.5 Å². The number of carboxylic acid groups (broad SMARTS) is 1. The molecule has 0 aliphatic carbocycles. The molecule has 3 rings (SSSR count). The van der Waals surface area contributed by atoms with E-state index in [1.165, 1.54) is 0 Å². The summed E-state index contributed by atoms with van der Waals surface area (Å²) in [6.07, 6.45) is -0.0638. The normalized spacial score (nSPS) is 11.8. The van der Waals surface area contributed by atoms with Crippen LogP contribution in [0.25, 0.3) is 0 Å². The minimum absolute atomic E-state index is 0.0638. The molecule has 0 aromatic heterocycles. The van der Waals surface area contributed by atoms with Crippen molar-refractivity contribution in [1.29, 1.82) is 0 Å². The zero-order valence-corrected chi connectivity index (χ0v) is 16.5. The Labute approximate surface area is 170 Å². The predicted octanol–water partition coefficient (Wildman–Crippen LogP) is 4.60. The second-order valence-corrected chi connectivity index (χ2v) is 6.69. The van der Waals surface area contributed by atoms with E-state index in [1.54, 1.807) is 20.3 Å². The SMILES string of the molecule is COc1ccc(C(CC(=O)O)NC(c2ccccc2)c2ccccc2)cc1OC. The largest absolute Gasteiger partial charge is 0.493 e. The third kappa shape index (κ3) is 5.15. The maximum Gasteiger partial charge on any atom is 0.305 e. The van der Waals surface area contributed by atoms with Gasteiger partial charge in [0.15, 0.2) is 11.5 Å². The summed E-state index contributed by atoms with van der Waals surface area (Å²) in [7, 11) is 3.14. The van der Waals surface area contributed by atoms with E-state index in [4.69, 9.17) is 9.47 Å². The fourth-order valence-corrected chi connectivity index (χ4v) is 3.39. The lowest BCUT2D eigenvalue weighted by atomic mass is 9.95. The Kier molecular flexibility index (Phi) is 6.87. The Morgan fingerprint density at radius 2 is 1.38 bits per heavy atom. The van der Waals surface area contributed by atoms with Gasteiger partial charge < -0.3 is 14.6 Å². The molecule has 0 bridgehead atoms. The molecule has 0 fully saturated rings. The maximum absolute atomic E-state index is 11.6. The van der Waals surface area contributed by atoms with Gasteiger partial charge >= 0.3 is 5.97 Å². The molecule has 0 spiro atoms. The first-order valence-electron chi connectivity index (χ1n) is 9.42. The van der Waals surface area contributed by atoms with Gasteiger partial charge in [0.2, 0.25) is 0 Å². The Morgan fingerprint density at radius 1 is 0.828 bits per heavy atom. The molecule has 0 saturated carbocycles. The van der Waals surface area contributed by atoms with Crippen LogP contribution in [-0.2, 0) is 4.79 Å². The third-order valence-electron chi connectivity index (χ3n) is 4.82. The van der Waals surface area contributed by atoms with E-state index in [1.807, 2.05) is 72.8 Å². The number of hydrogen-bond acceptors (Lipinski definition) is 4. The molecular weight excluding hydrogens is 366 g/mol. The van der Waals surface area contributed by atoms with Gasteiger partial charge in [-0.15, -0.1) is 0 Å². The first-order chi connectivity index (χ1) is 14.1. The molecular formula is C24H25NO4. The van der Waals surface area contributed by atoms with Crippen molar-refractivity contribution in [2.45, 2.75) is 18.5 Å². The monoisotopic (exact) mass is 391 g/mol. The highest BCUT2D eigenvalue weighted by Crippen LogP contribution is 2.33. The molecule has 1 unspecified atom stereocenters. The average Bonchev–Trinajstić information content (AvgIpc) is 2.77. The molecule has 5 nitrogen and oxygen atoms in total. The quantitative estimate of drug-likeness (QED) is 0.558. The second kappa shape index (κ2) is 9.75. The van der Waals surface area contributed by atoms with Gasteiger partial charge in [-0.25, -0.2) is 0 Å². The topological polar surface area (TPSA) is 67.8 Å². The smallest absolute Gasteiger partial charge is 0.305 e. The standard InChI is InChI=1S/C24H25NO4/c1-28-21-14-13-19(15-22(21)29-2)20(16-23(26)27)25-24(17-9-5-3-6-10-17)18-11-7-4-8-12-18/h3-15,20,24-25H,16H2,1-2H3,(H,26,27). The summed E-state index contributed by atoms with van der Waals surface area (Å²) in [4.78, 5) is 11.6. The van der Waals surface area contributed by atoms with E-state index in [9.17, 15) is 9.90 Å². The van der Waals surface area contributed by atoms with Crippen LogP contribution in [0.2, 0.25) is 0 Å². The first-order valence-corrected chi connectivity index (χ1v) is 9.42. The van der Waals surface area contributed by atoms with Crippen LogP contribution in [0.15, 0.2) is 78.9 Å². The minimum atomic E-state index is -0.878. The van der Waals surface area contributed by atoms with E-state index in [-0.39, 0.29) is 12.5 Å². The molecule has 3 aromatic carbocycles. The molecule has 29 heavy (non-hydrogen) atoms. The number of hydrogen-bond donors (Lipinski definition) is 2. The van der Waals surface area contributed by atoms with Gasteiger partial charge in [-0.3, -0.25) is 10.1 Å². The number of carbonyl (C=O) groups is 1. The number of aliphatic carboxylic acids is 1. The summed E-state index contributed by atoms with van der Waals surface area (Å²) in [5.74, 6) is 0.295. The van der Waals surface area contributed by atoms with Gasteiger partial charge in [0.1, 0.15) is 0 Å². The van der Waals surface area contributed by atoms with Crippen LogP contribution in [0.5, 0.6) is 11.5 Å². The molecule has 0 aliphatic heterocycles. The Morgan fingerprint density at radius 3 is 1.86 bits per heavy atom. The predicted molar refractivity (Wildman–Crippen MR) is 112 cm³/mol. The van der Waals surface area contributed by atoms with Gasteiger partial charge in [-0.1, -0.05) is 66.7 Å². The summed E-state index contributed by atoms with van der Waals surface area (Å²) in [6, 6.07) is 24.9. The van der Waals surface area contributed by atoms with E-state index >= 15 is 0 Å². The van der Waals surface area contributed by atoms with Gasteiger partial charge in [0.25, 0.3) is 0 Å². The minimum Gasteiger partial charge on any atom is -0.493 e. The number of carboxylic acids is 1. The summed E-state index contributed by atoms with van der Waals surface area (Å²) in [5.41, 5.74) is 2.95. The molecule has 3 aromatic rings. The molecule has 0 aliphatic rings.